The smallest absolute Gasteiger partial charge is 0.329 e. The molecule has 2 N–H and O–H groups in total. The predicted molar refractivity (Wildman–Crippen MR) is 72.0 cm³/mol. The number of nitrogens with zero attached hydrogens (tertiary/aromatic N) is 2. The van der Waals surface area contributed by atoms with Crippen molar-refractivity contribution < 1.29 is 14.5 Å². The van der Waals surface area contributed by atoms with Gasteiger partial charge in [0.05, 0.1) is 11.1 Å². The summed E-state index contributed by atoms with van der Waals surface area (Å²) in [6, 6.07) is 5.67. The Balaban J connectivity index is 2.58. The SMILES string of the molecule is C=CCNC(=O)C(=O)N/N=C/c1cccc([N+](=O)[O-])c1. The third-order valence-corrected chi connectivity index (χ3v) is 2.07. The van der Waals surface area contributed by atoms with Gasteiger partial charge in [0.15, 0.2) is 0 Å². The fourth-order valence-corrected chi connectivity index (χ4v) is 1.18. The van der Waals surface area contributed by atoms with Gasteiger partial charge < -0.3 is 5.32 Å². The Hall–Kier alpha value is -3.03. The molecule has 0 heterocycles. The Morgan fingerprint density at radius 2 is 2.15 bits per heavy atom. The number of amides is 2. The van der Waals surface area contributed by atoms with E-state index in [4.69, 9.17) is 0 Å². The van der Waals surface area contributed by atoms with Crippen molar-refractivity contribution in [1.82, 2.24) is 10.7 Å². The quantitative estimate of drug-likeness (QED) is 0.265. The van der Waals surface area contributed by atoms with Gasteiger partial charge in [-0.05, 0) is 0 Å². The molecule has 0 unspecified atom stereocenters. The molecule has 2 amide bonds. The van der Waals surface area contributed by atoms with Gasteiger partial charge in [-0.1, -0.05) is 18.2 Å². The molecule has 1 aromatic rings. The number of nitrogens with one attached hydrogen (secondary N) is 2. The van der Waals surface area contributed by atoms with Gasteiger partial charge in [-0.15, -0.1) is 6.58 Å². The molecule has 0 radical (unpaired) electrons. The first-order valence-electron chi connectivity index (χ1n) is 5.51. The molecule has 1 rings (SSSR count). The summed E-state index contributed by atoms with van der Waals surface area (Å²) in [6.45, 7) is 3.55. The molecule has 0 aliphatic rings. The highest BCUT2D eigenvalue weighted by Crippen LogP contribution is 2.11. The first-order chi connectivity index (χ1) is 9.54. The zero-order valence-electron chi connectivity index (χ0n) is 10.4. The normalized spacial score (nSPS) is 10.0. The molecule has 0 fully saturated rings. The molecular weight excluding hydrogens is 264 g/mol. The lowest BCUT2D eigenvalue weighted by molar-refractivity contribution is -0.384. The van der Waals surface area contributed by atoms with Crippen LogP contribution in [0.5, 0.6) is 0 Å². The molecule has 0 atom stereocenters. The van der Waals surface area contributed by atoms with Crippen LogP contribution >= 0.6 is 0 Å². The minimum absolute atomic E-state index is 0.0935. The third kappa shape index (κ3) is 4.69. The first-order valence-corrected chi connectivity index (χ1v) is 5.51. The Morgan fingerprint density at radius 1 is 1.40 bits per heavy atom. The zero-order valence-corrected chi connectivity index (χ0v) is 10.4. The Labute approximate surface area is 114 Å². The van der Waals surface area contributed by atoms with Gasteiger partial charge in [0.1, 0.15) is 0 Å². The van der Waals surface area contributed by atoms with Crippen LogP contribution in [0.3, 0.4) is 0 Å². The van der Waals surface area contributed by atoms with Gasteiger partial charge in [-0.2, -0.15) is 5.10 Å². The number of nitro groups is 1. The van der Waals surface area contributed by atoms with Gasteiger partial charge in [0.2, 0.25) is 0 Å². The number of rotatable bonds is 5. The third-order valence-electron chi connectivity index (χ3n) is 2.07. The van der Waals surface area contributed by atoms with Crippen molar-refractivity contribution in [2.24, 2.45) is 5.10 Å². The largest absolute Gasteiger partial charge is 0.344 e. The summed E-state index contributed by atoms with van der Waals surface area (Å²) in [5, 5.41) is 16.4. The molecule has 8 heteroatoms. The summed E-state index contributed by atoms with van der Waals surface area (Å²) in [5.74, 6) is -1.78. The standard InChI is InChI=1S/C12H12N4O4/c1-2-6-13-11(17)12(18)15-14-8-9-4-3-5-10(7-9)16(19)20/h2-5,7-8H,1,6H2,(H,13,17)(H,15,18)/b14-8+. The fraction of sp³-hybridized carbons (Fsp3) is 0.0833. The number of non-ortho nitro benzene ring substituents is 1. The number of benzene rings is 1. The maximum absolute atomic E-state index is 11.2. The van der Waals surface area contributed by atoms with E-state index in [0.717, 1.165) is 0 Å². The van der Waals surface area contributed by atoms with Crippen LogP contribution in [0.2, 0.25) is 0 Å². The monoisotopic (exact) mass is 276 g/mol. The Kier molecular flexibility index (Phi) is 5.57. The minimum atomic E-state index is -0.937. The van der Waals surface area contributed by atoms with Gasteiger partial charge in [-0.3, -0.25) is 19.7 Å². The molecule has 0 saturated carbocycles. The summed E-state index contributed by atoms with van der Waals surface area (Å²) in [7, 11) is 0. The van der Waals surface area contributed by atoms with E-state index >= 15 is 0 Å². The van der Waals surface area contributed by atoms with E-state index in [-0.39, 0.29) is 12.2 Å². The van der Waals surface area contributed by atoms with Gasteiger partial charge in [0, 0.05) is 24.2 Å². The van der Waals surface area contributed by atoms with E-state index in [9.17, 15) is 19.7 Å². The summed E-state index contributed by atoms with van der Waals surface area (Å²) < 4.78 is 0. The zero-order chi connectivity index (χ0) is 15.0. The number of hydrazone groups is 1. The second kappa shape index (κ2) is 7.41. The molecular formula is C12H12N4O4. The summed E-state index contributed by atoms with van der Waals surface area (Å²) in [4.78, 5) is 32.4. The number of carbonyl (C=O) groups is 2. The van der Waals surface area contributed by atoms with Gasteiger partial charge in [0.25, 0.3) is 5.69 Å². The summed E-state index contributed by atoms with van der Waals surface area (Å²) in [5.41, 5.74) is 2.33. The number of carbonyl (C=O) groups excluding carboxylic acids is 2. The lowest BCUT2D eigenvalue weighted by atomic mass is 10.2. The molecule has 8 nitrogen and oxygen atoms in total. The molecule has 0 spiro atoms. The maximum Gasteiger partial charge on any atom is 0.329 e. The molecule has 20 heavy (non-hydrogen) atoms. The van der Waals surface area contributed by atoms with E-state index < -0.39 is 16.7 Å². The molecule has 0 aliphatic carbocycles. The van der Waals surface area contributed by atoms with Gasteiger partial charge in [-0.25, -0.2) is 5.43 Å². The van der Waals surface area contributed by atoms with Crippen LogP contribution in [-0.4, -0.2) is 29.5 Å². The average molecular weight is 276 g/mol. The number of nitro benzene ring substituents is 1. The molecule has 0 saturated heterocycles. The van der Waals surface area contributed by atoms with Gasteiger partial charge >= 0.3 is 11.8 Å². The fourth-order valence-electron chi connectivity index (χ4n) is 1.18. The van der Waals surface area contributed by atoms with E-state index in [2.05, 4.69) is 17.0 Å². The van der Waals surface area contributed by atoms with Crippen LogP contribution in [0, 0.1) is 10.1 Å². The van der Waals surface area contributed by atoms with E-state index in [1.165, 1.54) is 30.5 Å². The van der Waals surface area contributed by atoms with Crippen LogP contribution < -0.4 is 10.7 Å². The lowest BCUT2D eigenvalue weighted by Crippen LogP contribution is -2.37. The van der Waals surface area contributed by atoms with Crippen LogP contribution in [0.4, 0.5) is 5.69 Å². The summed E-state index contributed by atoms with van der Waals surface area (Å²) >= 11 is 0. The van der Waals surface area contributed by atoms with Crippen molar-refractivity contribution in [3.63, 3.8) is 0 Å². The summed E-state index contributed by atoms with van der Waals surface area (Å²) in [6.07, 6.45) is 2.63. The highest BCUT2D eigenvalue weighted by Gasteiger charge is 2.10. The van der Waals surface area contributed by atoms with Crippen LogP contribution in [0.1, 0.15) is 5.56 Å². The van der Waals surface area contributed by atoms with Crippen molar-refractivity contribution in [2.75, 3.05) is 6.54 Å². The van der Waals surface area contributed by atoms with Crippen LogP contribution in [0.25, 0.3) is 0 Å². The molecule has 0 aliphatic heterocycles. The lowest BCUT2D eigenvalue weighted by Gasteiger charge is -1.99. The molecule has 1 aromatic carbocycles. The van der Waals surface area contributed by atoms with Crippen LogP contribution in [0.15, 0.2) is 42.0 Å². The Morgan fingerprint density at radius 3 is 2.80 bits per heavy atom. The molecule has 0 aromatic heterocycles. The second-order valence-corrected chi connectivity index (χ2v) is 3.55. The van der Waals surface area contributed by atoms with Crippen molar-refractivity contribution in [2.45, 2.75) is 0 Å². The van der Waals surface area contributed by atoms with Crippen molar-refractivity contribution in [1.29, 1.82) is 0 Å². The average Bonchev–Trinajstić information content (AvgIpc) is 2.44. The number of hydrogen-bond donors (Lipinski definition) is 2. The highest BCUT2D eigenvalue weighted by molar-refractivity contribution is 6.35. The van der Waals surface area contributed by atoms with E-state index in [1.54, 1.807) is 6.07 Å². The highest BCUT2D eigenvalue weighted by atomic mass is 16.6. The topological polar surface area (TPSA) is 114 Å². The maximum atomic E-state index is 11.2. The van der Waals surface area contributed by atoms with Crippen molar-refractivity contribution in [3.05, 3.63) is 52.6 Å². The Bertz CT molecular complexity index is 568. The number of hydrogen-bond acceptors (Lipinski definition) is 5. The first kappa shape index (κ1) is 15.0. The van der Waals surface area contributed by atoms with E-state index in [0.29, 0.717) is 5.56 Å². The predicted octanol–water partition coefficient (Wildman–Crippen LogP) is 0.347. The molecule has 104 valence electrons. The minimum Gasteiger partial charge on any atom is -0.344 e. The van der Waals surface area contributed by atoms with Crippen molar-refractivity contribution in [3.8, 4) is 0 Å². The second-order valence-electron chi connectivity index (χ2n) is 3.55. The molecule has 0 bridgehead atoms. The van der Waals surface area contributed by atoms with E-state index in [1.807, 2.05) is 5.43 Å². The van der Waals surface area contributed by atoms with Crippen LogP contribution in [-0.2, 0) is 9.59 Å². The van der Waals surface area contributed by atoms with Crippen molar-refractivity contribution >= 4 is 23.7 Å².